The second kappa shape index (κ2) is 2.72. The Labute approximate surface area is 38.2 Å². The third kappa shape index (κ3) is 3.50. The molecule has 0 spiro atoms. The van der Waals surface area contributed by atoms with Crippen LogP contribution in [-0.2, 0) is 0 Å². The molecule has 0 unspecified atom stereocenters. The van der Waals surface area contributed by atoms with E-state index in [-0.39, 0.29) is 0 Å². The van der Waals surface area contributed by atoms with Gasteiger partial charge in [0.1, 0.15) is 0 Å². The molecule has 0 amide bonds. The van der Waals surface area contributed by atoms with Crippen molar-refractivity contribution in [2.75, 3.05) is 7.05 Å². The van der Waals surface area contributed by atoms with E-state index in [0.717, 1.165) is 0 Å². The SMILES string of the molecule is CC=CN(C)N. The molecule has 0 saturated heterocycles. The van der Waals surface area contributed by atoms with Gasteiger partial charge in [-0.05, 0) is 6.92 Å². The molecule has 2 heteroatoms. The molecule has 0 fully saturated rings. The van der Waals surface area contributed by atoms with E-state index in [2.05, 4.69) is 0 Å². The van der Waals surface area contributed by atoms with Crippen molar-refractivity contribution >= 4 is 0 Å². The van der Waals surface area contributed by atoms with Gasteiger partial charge < -0.3 is 5.01 Å². The highest BCUT2D eigenvalue weighted by Crippen LogP contribution is 1.67. The van der Waals surface area contributed by atoms with Crippen molar-refractivity contribution in [3.63, 3.8) is 0 Å². The maximum Gasteiger partial charge on any atom is 0.0222 e. The molecule has 0 rings (SSSR count). The van der Waals surface area contributed by atoms with E-state index >= 15 is 0 Å². The molecule has 6 heavy (non-hydrogen) atoms. The van der Waals surface area contributed by atoms with E-state index in [1.165, 1.54) is 5.01 Å². The molecule has 2 N–H and O–H groups in total. The Bertz CT molecular complexity index is 47.5. The van der Waals surface area contributed by atoms with Gasteiger partial charge in [0.25, 0.3) is 0 Å². The topological polar surface area (TPSA) is 29.3 Å². The van der Waals surface area contributed by atoms with Crippen molar-refractivity contribution in [2.45, 2.75) is 6.92 Å². The number of hydrogen-bond donors (Lipinski definition) is 1. The summed E-state index contributed by atoms with van der Waals surface area (Å²) in [6.45, 7) is 1.92. The summed E-state index contributed by atoms with van der Waals surface area (Å²) < 4.78 is 0. The molecular weight excluding hydrogens is 76.1 g/mol. The molecule has 0 saturated carbocycles. The molecular formula is C4H10N2. The molecule has 36 valence electrons. The van der Waals surface area contributed by atoms with Crippen LogP contribution >= 0.6 is 0 Å². The lowest BCUT2D eigenvalue weighted by molar-refractivity contribution is 0.484. The fourth-order valence-electron chi connectivity index (χ4n) is 0.235. The number of nitrogens with zero attached hydrogens (tertiary/aromatic N) is 1. The highest BCUT2D eigenvalue weighted by atomic mass is 15.4. The van der Waals surface area contributed by atoms with Crippen LogP contribution in [0.25, 0.3) is 0 Å². The highest BCUT2D eigenvalue weighted by Gasteiger charge is 1.65. The van der Waals surface area contributed by atoms with Crippen LogP contribution in [0.4, 0.5) is 0 Å². The number of hydrazine groups is 1. The average Bonchev–Trinajstić information content (AvgIpc) is 1.35. The summed E-state index contributed by atoms with van der Waals surface area (Å²) >= 11 is 0. The fraction of sp³-hybridized carbons (Fsp3) is 0.500. The Morgan fingerprint density at radius 1 is 1.67 bits per heavy atom. The van der Waals surface area contributed by atoms with Gasteiger partial charge in [0.05, 0.1) is 0 Å². The summed E-state index contributed by atoms with van der Waals surface area (Å²) in [4.78, 5) is 0. The molecule has 0 aromatic rings. The van der Waals surface area contributed by atoms with Gasteiger partial charge in [-0.15, -0.1) is 0 Å². The Balaban J connectivity index is 3.03. The van der Waals surface area contributed by atoms with Gasteiger partial charge in [0.15, 0.2) is 0 Å². The number of allylic oxidation sites excluding steroid dienone is 1. The van der Waals surface area contributed by atoms with Crippen LogP contribution in [0.5, 0.6) is 0 Å². The van der Waals surface area contributed by atoms with Crippen molar-refractivity contribution in [1.82, 2.24) is 5.01 Å². The summed E-state index contributed by atoms with van der Waals surface area (Å²) in [5, 5.41) is 1.50. The zero-order chi connectivity index (χ0) is 4.99. The van der Waals surface area contributed by atoms with Crippen LogP contribution in [0.3, 0.4) is 0 Å². The predicted octanol–water partition coefficient (Wildman–Crippen LogP) is 0.326. The third-order valence-corrected chi connectivity index (χ3v) is 0.384. The highest BCUT2D eigenvalue weighted by molar-refractivity contribution is 4.71. The van der Waals surface area contributed by atoms with Crippen molar-refractivity contribution in [2.24, 2.45) is 5.84 Å². The second-order valence-corrected chi connectivity index (χ2v) is 1.15. The predicted molar refractivity (Wildman–Crippen MR) is 26.8 cm³/mol. The van der Waals surface area contributed by atoms with Crippen LogP contribution in [-0.4, -0.2) is 12.1 Å². The quantitative estimate of drug-likeness (QED) is 0.368. The van der Waals surface area contributed by atoms with E-state index in [9.17, 15) is 0 Å². The van der Waals surface area contributed by atoms with Gasteiger partial charge in [-0.1, -0.05) is 6.08 Å². The molecule has 0 atom stereocenters. The Hall–Kier alpha value is -0.500. The van der Waals surface area contributed by atoms with Crippen molar-refractivity contribution in [3.05, 3.63) is 12.3 Å². The first kappa shape index (κ1) is 5.50. The normalized spacial score (nSPS) is 9.83. The van der Waals surface area contributed by atoms with Gasteiger partial charge in [0, 0.05) is 13.2 Å². The Morgan fingerprint density at radius 3 is 2.17 bits per heavy atom. The lowest BCUT2D eigenvalue weighted by atomic mass is 10.7. The van der Waals surface area contributed by atoms with Gasteiger partial charge in [-0.2, -0.15) is 0 Å². The zero-order valence-electron chi connectivity index (χ0n) is 4.18. The molecule has 0 aromatic carbocycles. The summed E-state index contributed by atoms with van der Waals surface area (Å²) in [7, 11) is 1.78. The first-order valence-corrected chi connectivity index (χ1v) is 1.87. The van der Waals surface area contributed by atoms with E-state index in [0.29, 0.717) is 0 Å². The van der Waals surface area contributed by atoms with E-state index in [1.54, 1.807) is 13.2 Å². The standard InChI is InChI=1S/C4H10N2/c1-3-4-6(2)5/h3-4H,5H2,1-2H3. The number of hydrogen-bond acceptors (Lipinski definition) is 2. The second-order valence-electron chi connectivity index (χ2n) is 1.15. The first-order chi connectivity index (χ1) is 2.77. The summed E-state index contributed by atoms with van der Waals surface area (Å²) in [5.74, 6) is 5.15. The minimum atomic E-state index is 1.50. The Kier molecular flexibility index (Phi) is 2.50. The summed E-state index contributed by atoms with van der Waals surface area (Å²) in [5.41, 5.74) is 0. The number of nitrogens with two attached hydrogens (primary N) is 1. The smallest absolute Gasteiger partial charge is 0.0222 e. The lowest BCUT2D eigenvalue weighted by Gasteiger charge is -1.99. The van der Waals surface area contributed by atoms with Gasteiger partial charge >= 0.3 is 0 Å². The first-order valence-electron chi connectivity index (χ1n) is 1.87. The summed E-state index contributed by atoms with van der Waals surface area (Å²) in [6, 6.07) is 0. The minimum absolute atomic E-state index is 1.50. The fourth-order valence-corrected chi connectivity index (χ4v) is 0.235. The molecule has 0 bridgehead atoms. The van der Waals surface area contributed by atoms with Crippen LogP contribution in [0, 0.1) is 0 Å². The average molecular weight is 86.1 g/mol. The number of rotatable bonds is 1. The van der Waals surface area contributed by atoms with Gasteiger partial charge in [0.2, 0.25) is 0 Å². The van der Waals surface area contributed by atoms with Crippen LogP contribution in [0.1, 0.15) is 6.92 Å². The summed E-state index contributed by atoms with van der Waals surface area (Å²) in [6.07, 6.45) is 3.65. The van der Waals surface area contributed by atoms with Crippen molar-refractivity contribution in [1.29, 1.82) is 0 Å². The molecule has 0 heterocycles. The Morgan fingerprint density at radius 2 is 2.17 bits per heavy atom. The zero-order valence-corrected chi connectivity index (χ0v) is 4.18. The van der Waals surface area contributed by atoms with Gasteiger partial charge in [-0.3, -0.25) is 0 Å². The van der Waals surface area contributed by atoms with Gasteiger partial charge in [-0.25, -0.2) is 5.84 Å². The van der Waals surface area contributed by atoms with E-state index < -0.39 is 0 Å². The van der Waals surface area contributed by atoms with Crippen molar-refractivity contribution in [3.8, 4) is 0 Å². The van der Waals surface area contributed by atoms with Crippen LogP contribution in [0.15, 0.2) is 12.3 Å². The molecule has 0 aliphatic heterocycles. The molecule has 2 nitrogen and oxygen atoms in total. The maximum atomic E-state index is 5.15. The van der Waals surface area contributed by atoms with E-state index in [1.807, 2.05) is 13.0 Å². The molecule has 0 radical (unpaired) electrons. The lowest BCUT2D eigenvalue weighted by Crippen LogP contribution is -2.17. The van der Waals surface area contributed by atoms with Crippen LogP contribution in [0.2, 0.25) is 0 Å². The minimum Gasteiger partial charge on any atom is -0.322 e. The molecule has 0 aromatic heterocycles. The van der Waals surface area contributed by atoms with Crippen molar-refractivity contribution < 1.29 is 0 Å². The van der Waals surface area contributed by atoms with E-state index in [4.69, 9.17) is 5.84 Å². The molecule has 0 aliphatic rings. The maximum absolute atomic E-state index is 5.15. The largest absolute Gasteiger partial charge is 0.322 e. The third-order valence-electron chi connectivity index (χ3n) is 0.384. The molecule has 0 aliphatic carbocycles. The van der Waals surface area contributed by atoms with Crippen LogP contribution < -0.4 is 5.84 Å². The monoisotopic (exact) mass is 86.1 g/mol.